The van der Waals surface area contributed by atoms with Gasteiger partial charge in [-0.05, 0) is 80.7 Å². The Morgan fingerprint density at radius 1 is 1.14 bits per heavy atom. The number of carbonyl (C=O) groups is 1. The number of anilines is 2. The molecule has 2 N–H and O–H groups in total. The molecule has 0 spiro atoms. The highest BCUT2D eigenvalue weighted by Crippen LogP contribution is 2.28. The molecule has 0 radical (unpaired) electrons. The molecule has 1 aliphatic heterocycles. The monoisotopic (exact) mass is 395 g/mol. The quantitative estimate of drug-likeness (QED) is 0.685. The van der Waals surface area contributed by atoms with E-state index in [1.807, 2.05) is 30.0 Å². The molecule has 0 saturated carbocycles. The molecule has 1 saturated heterocycles. The molecule has 0 bridgehead atoms. The van der Waals surface area contributed by atoms with Gasteiger partial charge in [0.2, 0.25) is 5.91 Å². The average Bonchev–Trinajstić information content (AvgIpc) is 3.06. The summed E-state index contributed by atoms with van der Waals surface area (Å²) in [5, 5.41) is 7.35. The second-order valence-electron chi connectivity index (χ2n) is 7.57. The van der Waals surface area contributed by atoms with E-state index in [0.29, 0.717) is 11.5 Å². The van der Waals surface area contributed by atoms with E-state index in [1.54, 1.807) is 0 Å². The highest BCUT2D eigenvalue weighted by Gasteiger charge is 2.23. The lowest BCUT2D eigenvalue weighted by Gasteiger charge is -2.23. The van der Waals surface area contributed by atoms with Crippen LogP contribution in [-0.2, 0) is 4.79 Å². The summed E-state index contributed by atoms with van der Waals surface area (Å²) in [5.41, 5.74) is 6.82. The zero-order chi connectivity index (χ0) is 20.3. The minimum Gasteiger partial charge on any atom is -0.356 e. The predicted octanol–water partition coefficient (Wildman–Crippen LogP) is 5.18. The summed E-state index contributed by atoms with van der Waals surface area (Å²) < 4.78 is 0. The Hall–Kier alpha value is -2.40. The minimum atomic E-state index is 0.170. The van der Waals surface area contributed by atoms with E-state index in [4.69, 9.17) is 12.2 Å². The van der Waals surface area contributed by atoms with Crippen molar-refractivity contribution in [3.63, 3.8) is 0 Å². The SMILES string of the molecule is CC[C@@H](NC(=S)Nc1ccc(N2CCCC2=O)c(C)c1)c1ccc(C)cc1C. The third-order valence-corrected chi connectivity index (χ3v) is 5.55. The van der Waals surface area contributed by atoms with Crippen LogP contribution in [0.4, 0.5) is 11.4 Å². The lowest BCUT2D eigenvalue weighted by molar-refractivity contribution is -0.117. The summed E-state index contributed by atoms with van der Waals surface area (Å²) >= 11 is 5.56. The van der Waals surface area contributed by atoms with Crippen LogP contribution in [0.2, 0.25) is 0 Å². The van der Waals surface area contributed by atoms with Gasteiger partial charge in [0.25, 0.3) is 0 Å². The van der Waals surface area contributed by atoms with Crippen molar-refractivity contribution in [3.8, 4) is 0 Å². The van der Waals surface area contributed by atoms with Gasteiger partial charge < -0.3 is 15.5 Å². The maximum atomic E-state index is 12.0. The molecule has 5 heteroatoms. The van der Waals surface area contributed by atoms with Gasteiger partial charge in [-0.3, -0.25) is 4.79 Å². The van der Waals surface area contributed by atoms with Crippen molar-refractivity contribution in [2.45, 2.75) is 53.0 Å². The Bertz CT molecular complexity index is 893. The Labute approximate surface area is 173 Å². The third-order valence-electron chi connectivity index (χ3n) is 5.33. The van der Waals surface area contributed by atoms with E-state index in [-0.39, 0.29) is 11.9 Å². The van der Waals surface area contributed by atoms with Crippen LogP contribution in [0.1, 0.15) is 54.5 Å². The van der Waals surface area contributed by atoms with Crippen molar-refractivity contribution in [3.05, 3.63) is 58.7 Å². The van der Waals surface area contributed by atoms with Crippen LogP contribution in [0.5, 0.6) is 0 Å². The smallest absolute Gasteiger partial charge is 0.227 e. The molecule has 2 aromatic carbocycles. The Morgan fingerprint density at radius 2 is 1.93 bits per heavy atom. The number of aryl methyl sites for hydroxylation is 3. The molecule has 28 heavy (non-hydrogen) atoms. The molecular formula is C23H29N3OS. The maximum Gasteiger partial charge on any atom is 0.227 e. The summed E-state index contributed by atoms with van der Waals surface area (Å²) in [6, 6.07) is 12.7. The Balaban J connectivity index is 1.68. The fraction of sp³-hybridized carbons (Fsp3) is 0.391. The number of benzene rings is 2. The highest BCUT2D eigenvalue weighted by molar-refractivity contribution is 7.80. The molecular weight excluding hydrogens is 366 g/mol. The van der Waals surface area contributed by atoms with E-state index in [1.165, 1.54) is 16.7 Å². The first-order valence-electron chi connectivity index (χ1n) is 9.94. The van der Waals surface area contributed by atoms with Gasteiger partial charge in [0.1, 0.15) is 0 Å². The Morgan fingerprint density at radius 3 is 2.54 bits per heavy atom. The van der Waals surface area contributed by atoms with E-state index >= 15 is 0 Å². The van der Waals surface area contributed by atoms with Crippen molar-refractivity contribution in [1.29, 1.82) is 0 Å². The van der Waals surface area contributed by atoms with E-state index < -0.39 is 0 Å². The molecule has 148 valence electrons. The number of nitrogens with zero attached hydrogens (tertiary/aromatic N) is 1. The number of nitrogens with one attached hydrogen (secondary N) is 2. The van der Waals surface area contributed by atoms with Crippen LogP contribution < -0.4 is 15.5 Å². The van der Waals surface area contributed by atoms with Crippen LogP contribution in [0.25, 0.3) is 0 Å². The number of hydrogen-bond donors (Lipinski definition) is 2. The van der Waals surface area contributed by atoms with Gasteiger partial charge in [-0.15, -0.1) is 0 Å². The van der Waals surface area contributed by atoms with Gasteiger partial charge in [0.05, 0.1) is 6.04 Å². The first-order chi connectivity index (χ1) is 13.4. The number of hydrogen-bond acceptors (Lipinski definition) is 2. The van der Waals surface area contributed by atoms with Crippen LogP contribution in [0, 0.1) is 20.8 Å². The molecule has 1 heterocycles. The van der Waals surface area contributed by atoms with Crippen molar-refractivity contribution >= 4 is 34.6 Å². The molecule has 3 rings (SSSR count). The molecule has 1 aliphatic rings. The van der Waals surface area contributed by atoms with Crippen molar-refractivity contribution in [2.75, 3.05) is 16.8 Å². The van der Waals surface area contributed by atoms with Gasteiger partial charge in [-0.2, -0.15) is 0 Å². The number of thiocarbonyl (C=S) groups is 1. The summed E-state index contributed by atoms with van der Waals surface area (Å²) in [6.45, 7) is 9.25. The highest BCUT2D eigenvalue weighted by atomic mass is 32.1. The van der Waals surface area contributed by atoms with E-state index in [9.17, 15) is 4.79 Å². The van der Waals surface area contributed by atoms with E-state index in [0.717, 1.165) is 36.3 Å². The predicted molar refractivity (Wildman–Crippen MR) is 121 cm³/mol. The first kappa shape index (κ1) is 20.3. The van der Waals surface area contributed by atoms with Gasteiger partial charge in [-0.1, -0.05) is 30.7 Å². The molecule has 1 fully saturated rings. The Kier molecular flexibility index (Phi) is 6.35. The topological polar surface area (TPSA) is 44.4 Å². The summed E-state index contributed by atoms with van der Waals surface area (Å²) in [6.07, 6.45) is 2.52. The number of carbonyl (C=O) groups excluding carboxylic acids is 1. The number of rotatable bonds is 5. The second kappa shape index (κ2) is 8.74. The summed E-state index contributed by atoms with van der Waals surface area (Å²) in [4.78, 5) is 13.9. The average molecular weight is 396 g/mol. The fourth-order valence-corrected chi connectivity index (χ4v) is 4.14. The molecule has 0 aliphatic carbocycles. The van der Waals surface area contributed by atoms with Crippen LogP contribution in [0.3, 0.4) is 0 Å². The standard InChI is InChI=1S/C23H29N3OS/c1-5-20(19-10-8-15(2)13-16(19)3)25-23(28)24-18-9-11-21(17(4)14-18)26-12-6-7-22(26)27/h8-11,13-14,20H,5-7,12H2,1-4H3,(H2,24,25,28)/t20-/m1/s1. The zero-order valence-electron chi connectivity index (χ0n) is 17.1. The number of amides is 1. The summed E-state index contributed by atoms with van der Waals surface area (Å²) in [7, 11) is 0. The van der Waals surface area contributed by atoms with Crippen molar-refractivity contribution in [1.82, 2.24) is 5.32 Å². The molecule has 1 amide bonds. The third kappa shape index (κ3) is 4.53. The van der Waals surface area contributed by atoms with E-state index in [2.05, 4.69) is 49.6 Å². The van der Waals surface area contributed by atoms with Crippen molar-refractivity contribution < 1.29 is 4.79 Å². The van der Waals surface area contributed by atoms with Gasteiger partial charge >= 0.3 is 0 Å². The fourth-order valence-electron chi connectivity index (χ4n) is 3.88. The van der Waals surface area contributed by atoms with Crippen molar-refractivity contribution in [2.24, 2.45) is 0 Å². The molecule has 2 aromatic rings. The summed E-state index contributed by atoms with van der Waals surface area (Å²) in [5.74, 6) is 0.209. The lowest BCUT2D eigenvalue weighted by Crippen LogP contribution is -2.32. The van der Waals surface area contributed by atoms with Crippen LogP contribution in [0.15, 0.2) is 36.4 Å². The van der Waals surface area contributed by atoms with Gasteiger partial charge in [0.15, 0.2) is 5.11 Å². The molecule has 0 unspecified atom stereocenters. The maximum absolute atomic E-state index is 12.0. The van der Waals surface area contributed by atoms with Gasteiger partial charge in [-0.25, -0.2) is 0 Å². The van der Waals surface area contributed by atoms with Gasteiger partial charge in [0, 0.05) is 24.3 Å². The zero-order valence-corrected chi connectivity index (χ0v) is 18.0. The molecule has 0 aromatic heterocycles. The largest absolute Gasteiger partial charge is 0.356 e. The first-order valence-corrected chi connectivity index (χ1v) is 10.4. The molecule has 4 nitrogen and oxygen atoms in total. The molecule has 1 atom stereocenters. The van der Waals surface area contributed by atoms with Crippen LogP contribution >= 0.6 is 12.2 Å². The second-order valence-corrected chi connectivity index (χ2v) is 7.98. The lowest BCUT2D eigenvalue weighted by atomic mass is 9.98. The minimum absolute atomic E-state index is 0.170. The normalized spacial score (nSPS) is 14.9. The van der Waals surface area contributed by atoms with Crippen LogP contribution in [-0.4, -0.2) is 17.6 Å².